The van der Waals surface area contributed by atoms with Crippen molar-refractivity contribution in [2.24, 2.45) is 0 Å². The number of aryl methyl sites for hydroxylation is 1. The summed E-state index contributed by atoms with van der Waals surface area (Å²) in [4.78, 5) is 0. The number of allylic oxidation sites excluding steroid dienone is 1. The van der Waals surface area contributed by atoms with E-state index >= 15 is 0 Å². The van der Waals surface area contributed by atoms with Crippen molar-refractivity contribution in [2.45, 2.75) is 12.8 Å². The molecule has 0 aromatic heterocycles. The Morgan fingerprint density at radius 3 is 1.71 bits per heavy atom. The molecule has 0 aliphatic heterocycles. The van der Waals surface area contributed by atoms with E-state index in [2.05, 4.69) is 18.2 Å². The summed E-state index contributed by atoms with van der Waals surface area (Å²) in [6, 6.07) is 36.4. The van der Waals surface area contributed by atoms with Crippen molar-refractivity contribution >= 4 is 13.7 Å². The molecule has 35 heavy (non-hydrogen) atoms. The van der Waals surface area contributed by atoms with Crippen LogP contribution in [0.15, 0.2) is 121 Å². The van der Waals surface area contributed by atoms with E-state index in [1.807, 2.05) is 78.9 Å². The molecule has 4 aromatic rings. The molecule has 0 spiro atoms. The molecule has 4 aromatic carbocycles. The molecule has 4 nitrogen and oxygen atoms in total. The Morgan fingerprint density at radius 1 is 0.686 bits per heavy atom. The Morgan fingerprint density at radius 2 is 1.20 bits per heavy atom. The van der Waals surface area contributed by atoms with Crippen LogP contribution in [0.1, 0.15) is 17.5 Å². The lowest BCUT2D eigenvalue weighted by atomic mass is 10.0. The second kappa shape index (κ2) is 12.1. The Hall–Kier alpha value is -3.75. The molecule has 0 radical (unpaired) electrons. The minimum Gasteiger partial charge on any atom is -0.497 e. The summed E-state index contributed by atoms with van der Waals surface area (Å²) in [7, 11) is -1.94. The van der Waals surface area contributed by atoms with E-state index < -0.39 is 7.60 Å². The minimum atomic E-state index is -3.59. The molecule has 5 heteroatoms. The van der Waals surface area contributed by atoms with Crippen LogP contribution >= 0.6 is 7.60 Å². The number of para-hydroxylation sites is 2. The van der Waals surface area contributed by atoms with Crippen LogP contribution < -0.4 is 13.8 Å². The number of ether oxygens (including phenoxy) is 1. The molecule has 0 saturated heterocycles. The van der Waals surface area contributed by atoms with Gasteiger partial charge in [-0.05, 0) is 60.4 Å². The fourth-order valence-electron chi connectivity index (χ4n) is 3.70. The molecule has 0 unspecified atom stereocenters. The fraction of sp³-hybridized carbons (Fsp3) is 0.133. The summed E-state index contributed by atoms with van der Waals surface area (Å²) in [5, 5.41) is 0. The van der Waals surface area contributed by atoms with Gasteiger partial charge >= 0.3 is 7.60 Å². The zero-order chi connectivity index (χ0) is 24.3. The predicted octanol–water partition coefficient (Wildman–Crippen LogP) is 8.06. The molecule has 4 rings (SSSR count). The molecule has 0 heterocycles. The summed E-state index contributed by atoms with van der Waals surface area (Å²) in [5.74, 6) is 1.82. The van der Waals surface area contributed by atoms with E-state index in [4.69, 9.17) is 13.8 Å². The third-order valence-electron chi connectivity index (χ3n) is 5.44. The maximum Gasteiger partial charge on any atom is 0.434 e. The third kappa shape index (κ3) is 7.63. The van der Waals surface area contributed by atoms with Gasteiger partial charge in [0.15, 0.2) is 0 Å². The fourth-order valence-corrected chi connectivity index (χ4v) is 5.50. The third-order valence-corrected chi connectivity index (χ3v) is 7.21. The van der Waals surface area contributed by atoms with Crippen LogP contribution in [0.3, 0.4) is 0 Å². The normalized spacial score (nSPS) is 11.6. The molecule has 178 valence electrons. The molecule has 0 aliphatic rings. The van der Waals surface area contributed by atoms with Gasteiger partial charge in [-0.15, -0.1) is 0 Å². The molecular weight excluding hydrogens is 455 g/mol. The first kappa shape index (κ1) is 24.4. The lowest BCUT2D eigenvalue weighted by molar-refractivity contribution is 0.388. The molecule has 0 saturated carbocycles. The number of methoxy groups -OCH3 is 1. The molecule has 0 bridgehead atoms. The highest BCUT2D eigenvalue weighted by atomic mass is 31.2. The Balaban J connectivity index is 1.64. The van der Waals surface area contributed by atoms with Crippen LogP contribution in [-0.4, -0.2) is 13.3 Å². The van der Waals surface area contributed by atoms with Gasteiger partial charge in [0.1, 0.15) is 17.2 Å². The lowest BCUT2D eigenvalue weighted by Gasteiger charge is -2.22. The van der Waals surface area contributed by atoms with Gasteiger partial charge in [-0.1, -0.05) is 90.5 Å². The molecule has 0 amide bonds. The van der Waals surface area contributed by atoms with E-state index in [1.165, 1.54) is 5.56 Å². The van der Waals surface area contributed by atoms with Gasteiger partial charge < -0.3 is 13.8 Å². The number of rotatable bonds is 11. The molecule has 0 fully saturated rings. The quantitative estimate of drug-likeness (QED) is 0.202. The van der Waals surface area contributed by atoms with Gasteiger partial charge in [0, 0.05) is 0 Å². The average Bonchev–Trinajstić information content (AvgIpc) is 2.89. The van der Waals surface area contributed by atoms with Crippen LogP contribution in [0.2, 0.25) is 0 Å². The first-order chi connectivity index (χ1) is 17.1. The van der Waals surface area contributed by atoms with Crippen LogP contribution in [-0.2, 0) is 11.0 Å². The van der Waals surface area contributed by atoms with E-state index in [1.54, 1.807) is 31.4 Å². The van der Waals surface area contributed by atoms with E-state index in [-0.39, 0.29) is 6.16 Å². The highest BCUT2D eigenvalue weighted by molar-refractivity contribution is 7.55. The molecule has 0 atom stereocenters. The maximum absolute atomic E-state index is 14.2. The summed E-state index contributed by atoms with van der Waals surface area (Å²) in [5.41, 5.74) is 3.20. The van der Waals surface area contributed by atoms with Crippen molar-refractivity contribution in [2.75, 3.05) is 13.3 Å². The highest BCUT2D eigenvalue weighted by Gasteiger charge is 2.30. The van der Waals surface area contributed by atoms with Crippen LogP contribution in [0, 0.1) is 0 Å². The summed E-state index contributed by atoms with van der Waals surface area (Å²) in [6.07, 6.45) is 3.77. The van der Waals surface area contributed by atoms with Gasteiger partial charge in [0.2, 0.25) is 0 Å². The van der Waals surface area contributed by atoms with Crippen LogP contribution in [0.25, 0.3) is 6.08 Å². The van der Waals surface area contributed by atoms with Gasteiger partial charge in [-0.25, -0.2) is 4.57 Å². The Kier molecular flexibility index (Phi) is 8.43. The standard InChI is InChI=1S/C30H29O4P/c1-32-28-21-19-26(20-22-28)23-27(18-17-25-11-5-2-6-12-25)24-35(31,33-29-13-7-3-8-14-29)34-30-15-9-4-10-16-30/h2-16,19-23H,17-18,24H2,1H3/b27-23+. The van der Waals surface area contributed by atoms with Crippen molar-refractivity contribution in [3.05, 3.63) is 132 Å². The second-order valence-corrected chi connectivity index (χ2v) is 10.0. The zero-order valence-corrected chi connectivity index (χ0v) is 20.6. The largest absolute Gasteiger partial charge is 0.497 e. The molecular formula is C30H29O4P. The topological polar surface area (TPSA) is 44.8 Å². The van der Waals surface area contributed by atoms with Gasteiger partial charge in [0.05, 0.1) is 13.3 Å². The monoisotopic (exact) mass is 484 g/mol. The molecule has 0 aliphatic carbocycles. The number of hydrogen-bond donors (Lipinski definition) is 0. The summed E-state index contributed by atoms with van der Waals surface area (Å²) in [6.45, 7) is 0. The summed E-state index contributed by atoms with van der Waals surface area (Å²) >= 11 is 0. The highest BCUT2D eigenvalue weighted by Crippen LogP contribution is 2.50. The smallest absolute Gasteiger partial charge is 0.434 e. The SMILES string of the molecule is COc1ccc(/C=C(\CCc2ccccc2)CP(=O)(Oc2ccccc2)Oc2ccccc2)cc1. The second-order valence-electron chi connectivity index (χ2n) is 8.14. The first-order valence-corrected chi connectivity index (χ1v) is 13.3. The predicted molar refractivity (Wildman–Crippen MR) is 142 cm³/mol. The van der Waals surface area contributed by atoms with Gasteiger partial charge in [-0.2, -0.15) is 0 Å². The van der Waals surface area contributed by atoms with Crippen molar-refractivity contribution in [3.8, 4) is 17.2 Å². The van der Waals surface area contributed by atoms with Crippen molar-refractivity contribution < 1.29 is 18.3 Å². The van der Waals surface area contributed by atoms with Crippen LogP contribution in [0.5, 0.6) is 17.2 Å². The number of benzene rings is 4. The van der Waals surface area contributed by atoms with Gasteiger partial charge in [0.25, 0.3) is 0 Å². The van der Waals surface area contributed by atoms with Crippen molar-refractivity contribution in [1.29, 1.82) is 0 Å². The molecule has 0 N–H and O–H groups in total. The van der Waals surface area contributed by atoms with Crippen molar-refractivity contribution in [3.63, 3.8) is 0 Å². The Labute approximate surface area is 207 Å². The number of hydrogen-bond acceptors (Lipinski definition) is 4. The van der Waals surface area contributed by atoms with E-state index in [0.717, 1.165) is 29.7 Å². The average molecular weight is 485 g/mol. The van der Waals surface area contributed by atoms with Crippen LogP contribution in [0.4, 0.5) is 0 Å². The van der Waals surface area contributed by atoms with E-state index in [0.29, 0.717) is 11.5 Å². The Bertz CT molecular complexity index is 1210. The summed E-state index contributed by atoms with van der Waals surface area (Å²) < 4.78 is 31.5. The zero-order valence-electron chi connectivity index (χ0n) is 19.7. The maximum atomic E-state index is 14.2. The first-order valence-electron chi connectivity index (χ1n) is 11.6. The van der Waals surface area contributed by atoms with Crippen molar-refractivity contribution in [1.82, 2.24) is 0 Å². The minimum absolute atomic E-state index is 0.162. The van der Waals surface area contributed by atoms with Gasteiger partial charge in [-0.3, -0.25) is 0 Å². The van der Waals surface area contributed by atoms with E-state index in [9.17, 15) is 4.57 Å². The lowest BCUT2D eigenvalue weighted by Crippen LogP contribution is -2.08.